The quantitative estimate of drug-likeness (QED) is 0.555. The zero-order valence-electron chi connectivity index (χ0n) is 18.6. The lowest BCUT2D eigenvalue weighted by atomic mass is 10.1. The Kier molecular flexibility index (Phi) is 8.32. The van der Waals surface area contributed by atoms with E-state index in [4.69, 9.17) is 5.73 Å². The first-order chi connectivity index (χ1) is 14.7. The molecule has 1 heterocycles. The molecule has 0 saturated carbocycles. The van der Waals surface area contributed by atoms with Gasteiger partial charge in [-0.2, -0.15) is 0 Å². The van der Waals surface area contributed by atoms with E-state index in [9.17, 15) is 19.2 Å². The molecule has 0 saturated heterocycles. The largest absolute Gasteiger partial charge is 0.384 e. The highest BCUT2D eigenvalue weighted by atomic mass is 16.2. The molecular weight excluding hydrogens is 398 g/mol. The van der Waals surface area contributed by atoms with Gasteiger partial charge in [-0.1, -0.05) is 30.3 Å². The summed E-state index contributed by atoms with van der Waals surface area (Å²) in [5.74, 6) is -0.785. The number of aromatic nitrogens is 2. The van der Waals surface area contributed by atoms with Gasteiger partial charge in [-0.3, -0.25) is 28.4 Å². The van der Waals surface area contributed by atoms with E-state index in [-0.39, 0.29) is 43.5 Å². The van der Waals surface area contributed by atoms with Gasteiger partial charge in [0, 0.05) is 19.6 Å². The van der Waals surface area contributed by atoms with E-state index in [0.717, 1.165) is 10.1 Å². The van der Waals surface area contributed by atoms with Crippen LogP contribution in [-0.2, 0) is 17.9 Å². The Morgan fingerprint density at radius 1 is 0.968 bits per heavy atom. The molecule has 0 aliphatic rings. The Hall–Kier alpha value is -3.20. The van der Waals surface area contributed by atoms with Gasteiger partial charge in [0.2, 0.25) is 5.91 Å². The number of hydrogen-bond acceptors (Lipinski definition) is 6. The van der Waals surface area contributed by atoms with Gasteiger partial charge in [-0.25, -0.2) is 4.79 Å². The highest BCUT2D eigenvalue weighted by Gasteiger charge is 2.24. The predicted octanol–water partition coefficient (Wildman–Crippen LogP) is 0.643. The highest BCUT2D eigenvalue weighted by molar-refractivity contribution is 6.01. The van der Waals surface area contributed by atoms with Crippen LogP contribution in [0.1, 0.15) is 36.7 Å². The van der Waals surface area contributed by atoms with Gasteiger partial charge in [0.25, 0.3) is 5.56 Å². The summed E-state index contributed by atoms with van der Waals surface area (Å²) in [4.78, 5) is 54.2. The molecule has 168 valence electrons. The number of carbonyl (C=O) groups excluding carboxylic acids is 2. The molecule has 2 aromatic rings. The molecule has 1 aromatic carbocycles. The number of amides is 1. The van der Waals surface area contributed by atoms with Crippen molar-refractivity contribution >= 4 is 17.5 Å². The van der Waals surface area contributed by atoms with Crippen molar-refractivity contribution < 1.29 is 9.59 Å². The van der Waals surface area contributed by atoms with Gasteiger partial charge in [0.15, 0.2) is 5.78 Å². The van der Waals surface area contributed by atoms with Crippen molar-refractivity contribution in [3.63, 3.8) is 0 Å². The summed E-state index contributed by atoms with van der Waals surface area (Å²) in [5, 5.41) is 0. The van der Waals surface area contributed by atoms with Crippen LogP contribution in [0.3, 0.4) is 0 Å². The number of carbonyl (C=O) groups is 2. The van der Waals surface area contributed by atoms with Crippen molar-refractivity contribution in [1.29, 1.82) is 0 Å². The van der Waals surface area contributed by atoms with Crippen LogP contribution < -0.4 is 17.0 Å². The summed E-state index contributed by atoms with van der Waals surface area (Å²) < 4.78 is 2.25. The van der Waals surface area contributed by atoms with Crippen molar-refractivity contribution in [1.82, 2.24) is 18.9 Å². The third-order valence-electron chi connectivity index (χ3n) is 5.18. The van der Waals surface area contributed by atoms with Crippen molar-refractivity contribution in [2.24, 2.45) is 0 Å². The van der Waals surface area contributed by atoms with Gasteiger partial charge in [0.05, 0.1) is 19.6 Å². The molecule has 9 nitrogen and oxygen atoms in total. The molecule has 9 heteroatoms. The number of anilines is 1. The number of nitrogens with zero attached hydrogens (tertiary/aromatic N) is 4. The van der Waals surface area contributed by atoms with Crippen molar-refractivity contribution in [2.45, 2.75) is 33.9 Å². The first-order valence-electron chi connectivity index (χ1n) is 10.4. The Balaban J connectivity index is 2.37. The highest BCUT2D eigenvalue weighted by Crippen LogP contribution is 2.10. The van der Waals surface area contributed by atoms with E-state index in [0.29, 0.717) is 13.1 Å². The molecule has 0 aliphatic carbocycles. The maximum atomic E-state index is 13.0. The third-order valence-corrected chi connectivity index (χ3v) is 5.18. The summed E-state index contributed by atoms with van der Waals surface area (Å²) in [6, 6.07) is 9.19. The molecular formula is C22H31N5O4. The second-order valence-corrected chi connectivity index (χ2v) is 7.33. The maximum absolute atomic E-state index is 13.0. The zero-order chi connectivity index (χ0) is 23.1. The fraction of sp³-hybridized carbons (Fsp3) is 0.455. The number of Topliss-reactive ketones (excluding diaryl/α,β-unsaturated/α-hetero) is 1. The van der Waals surface area contributed by atoms with Crippen LogP contribution >= 0.6 is 0 Å². The first kappa shape index (κ1) is 24.1. The van der Waals surface area contributed by atoms with Crippen LogP contribution in [0.15, 0.2) is 39.9 Å². The standard InChI is InChI=1S/C22H31N5O4/c1-5-25(6-2)18(29)15-24(4)14-17(28)19-20(23)27(13-16-11-9-8-10-12-16)22(31)26(7-3)21(19)30/h8-12H,5-7,13-15,23H2,1-4H3. The minimum absolute atomic E-state index is 0.0406. The van der Waals surface area contributed by atoms with Gasteiger partial charge in [-0.15, -0.1) is 0 Å². The van der Waals surface area contributed by atoms with Crippen LogP contribution in [0.4, 0.5) is 5.82 Å². The van der Waals surface area contributed by atoms with Gasteiger partial charge >= 0.3 is 5.69 Å². The molecule has 0 radical (unpaired) electrons. The van der Waals surface area contributed by atoms with E-state index in [1.54, 1.807) is 23.8 Å². The first-order valence-corrected chi connectivity index (χ1v) is 10.4. The van der Waals surface area contributed by atoms with Crippen molar-refractivity contribution in [2.75, 3.05) is 39.0 Å². The van der Waals surface area contributed by atoms with Gasteiger partial charge in [-0.05, 0) is 33.4 Å². The number of hydrogen-bond donors (Lipinski definition) is 1. The Morgan fingerprint density at radius 3 is 2.13 bits per heavy atom. The number of rotatable bonds is 10. The molecule has 2 N–H and O–H groups in total. The molecule has 1 amide bonds. The minimum Gasteiger partial charge on any atom is -0.384 e. The predicted molar refractivity (Wildman–Crippen MR) is 120 cm³/mol. The lowest BCUT2D eigenvalue weighted by Gasteiger charge is -2.23. The Labute approximate surface area is 181 Å². The van der Waals surface area contributed by atoms with Crippen molar-refractivity contribution in [3.05, 3.63) is 62.3 Å². The van der Waals surface area contributed by atoms with E-state index < -0.39 is 17.0 Å². The summed E-state index contributed by atoms with van der Waals surface area (Å²) in [7, 11) is 1.63. The lowest BCUT2D eigenvalue weighted by molar-refractivity contribution is -0.131. The lowest BCUT2D eigenvalue weighted by Crippen LogP contribution is -2.46. The average Bonchev–Trinajstić information content (AvgIpc) is 2.73. The average molecular weight is 430 g/mol. The summed E-state index contributed by atoms with van der Waals surface area (Å²) in [6.07, 6.45) is 0. The minimum atomic E-state index is -0.706. The van der Waals surface area contributed by atoms with E-state index in [2.05, 4.69) is 0 Å². The molecule has 0 fully saturated rings. The van der Waals surface area contributed by atoms with E-state index >= 15 is 0 Å². The number of benzene rings is 1. The van der Waals surface area contributed by atoms with Crippen LogP contribution in [0.5, 0.6) is 0 Å². The smallest absolute Gasteiger partial charge is 0.332 e. The van der Waals surface area contributed by atoms with Crippen LogP contribution in [-0.4, -0.2) is 63.9 Å². The normalized spacial score (nSPS) is 11.0. The summed E-state index contributed by atoms with van der Waals surface area (Å²) in [5.41, 5.74) is 5.49. The number of ketones is 1. The number of nitrogens with two attached hydrogens (primary N) is 1. The van der Waals surface area contributed by atoms with E-state index in [1.807, 2.05) is 44.2 Å². The second kappa shape index (κ2) is 10.7. The Morgan fingerprint density at radius 2 is 1.58 bits per heavy atom. The molecule has 0 spiro atoms. The third kappa shape index (κ3) is 5.49. The van der Waals surface area contributed by atoms with Gasteiger partial charge in [0.1, 0.15) is 11.4 Å². The number of likely N-dealkylation sites (N-methyl/N-ethyl adjacent to an activating group) is 2. The molecule has 0 aliphatic heterocycles. The maximum Gasteiger partial charge on any atom is 0.332 e. The topological polar surface area (TPSA) is 111 Å². The monoisotopic (exact) mass is 429 g/mol. The van der Waals surface area contributed by atoms with Gasteiger partial charge < -0.3 is 10.6 Å². The van der Waals surface area contributed by atoms with Crippen LogP contribution in [0.2, 0.25) is 0 Å². The fourth-order valence-electron chi connectivity index (χ4n) is 3.46. The molecule has 1 aromatic heterocycles. The summed E-state index contributed by atoms with van der Waals surface area (Å²) in [6.45, 7) is 6.72. The summed E-state index contributed by atoms with van der Waals surface area (Å²) >= 11 is 0. The Bertz CT molecular complexity index is 1040. The molecule has 0 unspecified atom stereocenters. The SMILES string of the molecule is CCN(CC)C(=O)CN(C)CC(=O)c1c(N)n(Cc2ccccc2)c(=O)n(CC)c1=O. The van der Waals surface area contributed by atoms with E-state index in [1.165, 1.54) is 4.57 Å². The van der Waals surface area contributed by atoms with Crippen molar-refractivity contribution in [3.8, 4) is 0 Å². The van der Waals surface area contributed by atoms with Crippen LogP contribution in [0, 0.1) is 0 Å². The molecule has 2 rings (SSSR count). The zero-order valence-corrected chi connectivity index (χ0v) is 18.6. The molecule has 31 heavy (non-hydrogen) atoms. The second-order valence-electron chi connectivity index (χ2n) is 7.33. The van der Waals surface area contributed by atoms with Crippen LogP contribution in [0.25, 0.3) is 0 Å². The fourth-order valence-corrected chi connectivity index (χ4v) is 3.46. The molecule has 0 bridgehead atoms. The molecule has 0 atom stereocenters. The number of nitrogen functional groups attached to an aromatic ring is 1.